The van der Waals surface area contributed by atoms with Crippen molar-refractivity contribution in [2.24, 2.45) is 0 Å². The maximum atomic E-state index is 4.46. The van der Waals surface area contributed by atoms with Crippen LogP contribution in [0.25, 0.3) is 0 Å². The zero-order chi connectivity index (χ0) is 12.4. The van der Waals surface area contributed by atoms with Crippen molar-refractivity contribution in [2.45, 2.75) is 63.3 Å². The van der Waals surface area contributed by atoms with Gasteiger partial charge in [0.05, 0.1) is 6.33 Å². The van der Waals surface area contributed by atoms with Crippen LogP contribution in [0, 0.1) is 0 Å². The molecule has 0 aromatic carbocycles. The average Bonchev–Trinajstić information content (AvgIpc) is 2.91. The Morgan fingerprint density at radius 2 is 1.94 bits per heavy atom. The Morgan fingerprint density at radius 3 is 2.67 bits per heavy atom. The summed E-state index contributed by atoms with van der Waals surface area (Å²) in [7, 11) is 0. The van der Waals surface area contributed by atoms with Gasteiger partial charge in [0.1, 0.15) is 0 Å². The van der Waals surface area contributed by atoms with Crippen LogP contribution in [-0.2, 0) is 5.54 Å². The largest absolute Gasteiger partial charge is 0.328 e. The van der Waals surface area contributed by atoms with E-state index in [2.05, 4.69) is 34.3 Å². The fourth-order valence-electron chi connectivity index (χ4n) is 3.73. The maximum Gasteiger partial charge on any atom is 0.0953 e. The third kappa shape index (κ3) is 2.20. The third-order valence-corrected chi connectivity index (χ3v) is 4.94. The molecule has 1 N–H and O–H groups in total. The molecular weight excluding hydrogens is 222 g/mol. The van der Waals surface area contributed by atoms with Gasteiger partial charge in [-0.25, -0.2) is 4.98 Å². The second-order valence-electron chi connectivity index (χ2n) is 6.27. The molecule has 1 aromatic rings. The van der Waals surface area contributed by atoms with E-state index in [1.54, 1.807) is 0 Å². The number of aromatic nitrogens is 2. The zero-order valence-electron chi connectivity index (χ0n) is 11.5. The van der Waals surface area contributed by atoms with Crippen molar-refractivity contribution < 1.29 is 0 Å². The quantitative estimate of drug-likeness (QED) is 0.870. The van der Waals surface area contributed by atoms with Crippen molar-refractivity contribution in [3.8, 4) is 0 Å². The normalized spacial score (nSPS) is 25.2. The lowest BCUT2D eigenvalue weighted by atomic mass is 9.82. The number of nitrogens with one attached hydrogen (secondary N) is 1. The fraction of sp³-hybridized carbons (Fsp3) is 0.800. The number of imidazole rings is 1. The van der Waals surface area contributed by atoms with Crippen LogP contribution >= 0.6 is 0 Å². The summed E-state index contributed by atoms with van der Waals surface area (Å²) in [6.07, 6.45) is 13.5. The zero-order valence-corrected chi connectivity index (χ0v) is 11.5. The predicted octanol–water partition coefficient (Wildman–Crippen LogP) is 3.03. The molecule has 2 heterocycles. The molecule has 0 radical (unpaired) electrons. The second-order valence-corrected chi connectivity index (χ2v) is 6.27. The lowest BCUT2D eigenvalue weighted by Crippen LogP contribution is -2.35. The SMILES string of the molecule is CC1(n2cncc2C2CCNCC2)CCCCC1. The summed E-state index contributed by atoms with van der Waals surface area (Å²) in [6, 6.07) is 0. The van der Waals surface area contributed by atoms with Crippen molar-refractivity contribution in [3.05, 3.63) is 18.2 Å². The summed E-state index contributed by atoms with van der Waals surface area (Å²) < 4.78 is 2.52. The first-order valence-corrected chi connectivity index (χ1v) is 7.53. The highest BCUT2D eigenvalue weighted by Crippen LogP contribution is 2.37. The van der Waals surface area contributed by atoms with Gasteiger partial charge in [0.2, 0.25) is 0 Å². The van der Waals surface area contributed by atoms with Gasteiger partial charge in [-0.15, -0.1) is 0 Å². The van der Waals surface area contributed by atoms with Gasteiger partial charge in [-0.05, 0) is 45.7 Å². The highest BCUT2D eigenvalue weighted by Gasteiger charge is 2.32. The molecule has 0 amide bonds. The van der Waals surface area contributed by atoms with Crippen molar-refractivity contribution in [1.82, 2.24) is 14.9 Å². The van der Waals surface area contributed by atoms with Crippen LogP contribution in [0.1, 0.15) is 63.5 Å². The molecule has 100 valence electrons. The molecule has 3 rings (SSSR count). The van der Waals surface area contributed by atoms with Gasteiger partial charge in [-0.3, -0.25) is 0 Å². The van der Waals surface area contributed by atoms with Crippen LogP contribution in [0.5, 0.6) is 0 Å². The Labute approximate surface area is 110 Å². The number of hydrogen-bond donors (Lipinski definition) is 1. The molecule has 1 saturated carbocycles. The van der Waals surface area contributed by atoms with Crippen molar-refractivity contribution in [2.75, 3.05) is 13.1 Å². The first-order valence-electron chi connectivity index (χ1n) is 7.53. The van der Waals surface area contributed by atoms with Gasteiger partial charge in [0.15, 0.2) is 0 Å². The third-order valence-electron chi connectivity index (χ3n) is 4.94. The van der Waals surface area contributed by atoms with Gasteiger partial charge in [0.25, 0.3) is 0 Å². The van der Waals surface area contributed by atoms with Crippen LogP contribution in [0.2, 0.25) is 0 Å². The van der Waals surface area contributed by atoms with E-state index >= 15 is 0 Å². The van der Waals surface area contributed by atoms with Crippen molar-refractivity contribution in [1.29, 1.82) is 0 Å². The molecule has 3 nitrogen and oxygen atoms in total. The van der Waals surface area contributed by atoms with Crippen LogP contribution in [0.4, 0.5) is 0 Å². The Kier molecular flexibility index (Phi) is 3.42. The van der Waals surface area contributed by atoms with Crippen LogP contribution in [-0.4, -0.2) is 22.6 Å². The molecular formula is C15H25N3. The van der Waals surface area contributed by atoms with E-state index in [1.165, 1.54) is 50.6 Å². The standard InChI is InChI=1S/C15H25N3/c1-15(7-3-2-4-8-15)18-12-17-11-14(18)13-5-9-16-10-6-13/h11-13,16H,2-10H2,1H3. The number of piperidine rings is 1. The van der Waals surface area contributed by atoms with Gasteiger partial charge < -0.3 is 9.88 Å². The van der Waals surface area contributed by atoms with Crippen LogP contribution in [0.15, 0.2) is 12.5 Å². The fourth-order valence-corrected chi connectivity index (χ4v) is 3.73. The van der Waals surface area contributed by atoms with E-state index in [9.17, 15) is 0 Å². The summed E-state index contributed by atoms with van der Waals surface area (Å²) in [5.74, 6) is 0.715. The molecule has 1 aliphatic heterocycles. The summed E-state index contributed by atoms with van der Waals surface area (Å²) in [4.78, 5) is 4.46. The lowest BCUT2D eigenvalue weighted by molar-refractivity contribution is 0.208. The molecule has 18 heavy (non-hydrogen) atoms. The molecule has 0 atom stereocenters. The summed E-state index contributed by atoms with van der Waals surface area (Å²) in [6.45, 7) is 4.75. The first kappa shape index (κ1) is 12.2. The molecule has 0 unspecified atom stereocenters. The molecule has 2 aliphatic rings. The number of rotatable bonds is 2. The minimum absolute atomic E-state index is 0.328. The maximum absolute atomic E-state index is 4.46. The van der Waals surface area contributed by atoms with E-state index in [4.69, 9.17) is 0 Å². The van der Waals surface area contributed by atoms with Crippen LogP contribution in [0.3, 0.4) is 0 Å². The van der Waals surface area contributed by atoms with Crippen molar-refractivity contribution >= 4 is 0 Å². The highest BCUT2D eigenvalue weighted by atomic mass is 15.1. The van der Waals surface area contributed by atoms with Crippen LogP contribution < -0.4 is 5.32 Å². The molecule has 1 aromatic heterocycles. The van der Waals surface area contributed by atoms with Gasteiger partial charge in [-0.2, -0.15) is 0 Å². The summed E-state index contributed by atoms with van der Waals surface area (Å²) in [5, 5.41) is 3.46. The Bertz CT molecular complexity index is 384. The van der Waals surface area contributed by atoms with Gasteiger partial charge in [-0.1, -0.05) is 19.3 Å². The highest BCUT2D eigenvalue weighted by molar-refractivity contribution is 5.11. The first-order chi connectivity index (χ1) is 8.80. The second kappa shape index (κ2) is 5.04. The summed E-state index contributed by atoms with van der Waals surface area (Å²) in [5.41, 5.74) is 1.82. The van der Waals surface area contributed by atoms with E-state index in [0.29, 0.717) is 11.5 Å². The topological polar surface area (TPSA) is 29.9 Å². The Hall–Kier alpha value is -0.830. The molecule has 1 saturated heterocycles. The number of hydrogen-bond acceptors (Lipinski definition) is 2. The number of nitrogens with zero attached hydrogens (tertiary/aromatic N) is 2. The molecule has 2 fully saturated rings. The van der Waals surface area contributed by atoms with E-state index in [0.717, 1.165) is 13.1 Å². The smallest absolute Gasteiger partial charge is 0.0953 e. The Morgan fingerprint density at radius 1 is 1.22 bits per heavy atom. The monoisotopic (exact) mass is 247 g/mol. The minimum Gasteiger partial charge on any atom is -0.328 e. The molecule has 0 spiro atoms. The van der Waals surface area contributed by atoms with Gasteiger partial charge in [0, 0.05) is 23.3 Å². The van der Waals surface area contributed by atoms with E-state index < -0.39 is 0 Å². The average molecular weight is 247 g/mol. The minimum atomic E-state index is 0.328. The predicted molar refractivity (Wildman–Crippen MR) is 73.8 cm³/mol. The van der Waals surface area contributed by atoms with Crippen molar-refractivity contribution in [3.63, 3.8) is 0 Å². The molecule has 1 aliphatic carbocycles. The van der Waals surface area contributed by atoms with Gasteiger partial charge >= 0.3 is 0 Å². The molecule has 0 bridgehead atoms. The molecule has 3 heteroatoms. The Balaban J connectivity index is 1.85. The van der Waals surface area contributed by atoms with E-state index in [-0.39, 0.29) is 0 Å². The summed E-state index contributed by atoms with van der Waals surface area (Å²) >= 11 is 0. The van der Waals surface area contributed by atoms with E-state index in [1.807, 2.05) is 0 Å². The lowest BCUT2D eigenvalue weighted by Gasteiger charge is -2.38.